The van der Waals surface area contributed by atoms with Crippen LogP contribution >= 0.6 is 0 Å². The Hall–Kier alpha value is -1.77. The molecule has 1 aromatic carbocycles. The van der Waals surface area contributed by atoms with Crippen LogP contribution in [0.25, 0.3) is 10.9 Å². The number of nitrogens with one attached hydrogen (secondary N) is 1. The molecule has 0 aliphatic carbocycles. The number of terminal acetylenes is 1. The molecule has 110 valence electrons. The van der Waals surface area contributed by atoms with E-state index in [1.807, 2.05) is 24.4 Å². The third kappa shape index (κ3) is 2.97. The van der Waals surface area contributed by atoms with E-state index in [0.717, 1.165) is 5.52 Å². The summed E-state index contributed by atoms with van der Waals surface area (Å²) in [6, 6.07) is 8.19. The fourth-order valence-electron chi connectivity index (χ4n) is 3.00. The van der Waals surface area contributed by atoms with Gasteiger partial charge in [-0.05, 0) is 24.1 Å². The summed E-state index contributed by atoms with van der Waals surface area (Å²) in [5.41, 5.74) is 2.26. The van der Waals surface area contributed by atoms with Crippen LogP contribution in [0.1, 0.15) is 12.0 Å². The molecule has 4 nitrogen and oxygen atoms in total. The Kier molecular flexibility index (Phi) is 3.75. The van der Waals surface area contributed by atoms with Crippen LogP contribution < -0.4 is 0 Å². The minimum Gasteiger partial charge on any atom is -0.361 e. The molecule has 1 aliphatic heterocycles. The van der Waals surface area contributed by atoms with Crippen LogP contribution in [0.3, 0.4) is 0 Å². The van der Waals surface area contributed by atoms with Crippen molar-refractivity contribution in [3.8, 4) is 12.3 Å². The van der Waals surface area contributed by atoms with Gasteiger partial charge in [-0.15, -0.1) is 6.42 Å². The molecule has 0 saturated carbocycles. The lowest BCUT2D eigenvalue weighted by atomic mass is 10.1. The smallest absolute Gasteiger partial charge is 0.151 e. The van der Waals surface area contributed by atoms with Gasteiger partial charge in [0.25, 0.3) is 0 Å². The summed E-state index contributed by atoms with van der Waals surface area (Å²) in [5, 5.41) is 1.17. The Morgan fingerprint density at radius 1 is 1.38 bits per heavy atom. The van der Waals surface area contributed by atoms with Gasteiger partial charge in [0.05, 0.1) is 18.1 Å². The van der Waals surface area contributed by atoms with Crippen LogP contribution in [-0.4, -0.2) is 42.4 Å². The number of benzene rings is 1. The highest BCUT2D eigenvalue weighted by molar-refractivity contribution is 7.91. The van der Waals surface area contributed by atoms with E-state index < -0.39 is 9.84 Å². The third-order valence-corrected chi connectivity index (χ3v) is 5.83. The summed E-state index contributed by atoms with van der Waals surface area (Å²) in [6.45, 7) is 1.15. The molecule has 1 aliphatic rings. The van der Waals surface area contributed by atoms with E-state index in [1.165, 1.54) is 10.9 Å². The Bertz CT molecular complexity index is 786. The van der Waals surface area contributed by atoms with Gasteiger partial charge < -0.3 is 4.98 Å². The van der Waals surface area contributed by atoms with Crippen molar-refractivity contribution in [1.29, 1.82) is 0 Å². The van der Waals surface area contributed by atoms with Gasteiger partial charge in [-0.1, -0.05) is 18.1 Å². The zero-order valence-corrected chi connectivity index (χ0v) is 12.6. The predicted molar refractivity (Wildman–Crippen MR) is 84.6 cm³/mol. The lowest BCUT2D eigenvalue weighted by Gasteiger charge is -2.26. The average Bonchev–Trinajstić information content (AvgIpc) is 3.05. The first-order valence-corrected chi connectivity index (χ1v) is 8.84. The Morgan fingerprint density at radius 3 is 2.95 bits per heavy atom. The fraction of sp³-hybridized carbons (Fsp3) is 0.375. The SMILES string of the molecule is C#CCN(Cc1cccc2[nH]ccc12)[C@@H]1CCS(=O)(=O)C1. The average molecular weight is 302 g/mol. The zero-order valence-electron chi connectivity index (χ0n) is 11.7. The fourth-order valence-corrected chi connectivity index (χ4v) is 4.76. The molecule has 2 aromatic rings. The molecule has 0 radical (unpaired) electrons. The molecule has 1 saturated heterocycles. The number of hydrogen-bond donors (Lipinski definition) is 1. The summed E-state index contributed by atoms with van der Waals surface area (Å²) in [4.78, 5) is 5.30. The number of sulfone groups is 1. The molecule has 21 heavy (non-hydrogen) atoms. The standard InChI is InChI=1S/C16H18N2O2S/c1-2-9-18(14-7-10-21(19,20)12-14)11-13-4-3-5-16-15(13)6-8-17-16/h1,3-6,8,14,17H,7,9-12H2/t14-/m1/s1. The van der Waals surface area contributed by atoms with E-state index in [-0.39, 0.29) is 17.5 Å². The topological polar surface area (TPSA) is 53.2 Å². The molecule has 0 spiro atoms. The summed E-state index contributed by atoms with van der Waals surface area (Å²) >= 11 is 0. The van der Waals surface area contributed by atoms with Crippen molar-refractivity contribution in [2.24, 2.45) is 0 Å². The summed E-state index contributed by atoms with van der Waals surface area (Å²) in [5.74, 6) is 3.15. The van der Waals surface area contributed by atoms with Gasteiger partial charge in [0, 0.05) is 29.7 Å². The molecule has 1 N–H and O–H groups in total. The third-order valence-electron chi connectivity index (χ3n) is 4.08. The second-order valence-corrected chi connectivity index (χ2v) is 7.75. The van der Waals surface area contributed by atoms with Crippen molar-refractivity contribution in [3.63, 3.8) is 0 Å². The van der Waals surface area contributed by atoms with E-state index in [0.29, 0.717) is 19.5 Å². The molecule has 3 rings (SSSR count). The molecule has 0 bridgehead atoms. The van der Waals surface area contributed by atoms with Crippen LogP contribution in [0, 0.1) is 12.3 Å². The summed E-state index contributed by atoms with van der Waals surface area (Å²) < 4.78 is 23.4. The van der Waals surface area contributed by atoms with Crippen molar-refractivity contribution >= 4 is 20.7 Å². The molecule has 0 amide bonds. The van der Waals surface area contributed by atoms with E-state index in [2.05, 4.69) is 21.9 Å². The lowest BCUT2D eigenvalue weighted by Crippen LogP contribution is -2.36. The van der Waals surface area contributed by atoms with Gasteiger partial charge in [-0.25, -0.2) is 8.42 Å². The monoisotopic (exact) mass is 302 g/mol. The quantitative estimate of drug-likeness (QED) is 0.876. The molecule has 0 unspecified atom stereocenters. The molecule has 1 aromatic heterocycles. The number of hydrogen-bond acceptors (Lipinski definition) is 3. The molecular formula is C16H18N2O2S. The van der Waals surface area contributed by atoms with Crippen molar-refractivity contribution < 1.29 is 8.42 Å². The summed E-state index contributed by atoms with van der Waals surface area (Å²) in [6.07, 6.45) is 8.05. The van der Waals surface area contributed by atoms with Crippen molar-refractivity contribution in [3.05, 3.63) is 36.0 Å². The van der Waals surface area contributed by atoms with Crippen molar-refractivity contribution in [1.82, 2.24) is 9.88 Å². The Balaban J connectivity index is 1.86. The first-order valence-electron chi connectivity index (χ1n) is 7.02. The van der Waals surface area contributed by atoms with E-state index >= 15 is 0 Å². The molecule has 1 atom stereocenters. The molecule has 1 fully saturated rings. The maximum Gasteiger partial charge on any atom is 0.151 e. The van der Waals surface area contributed by atoms with Crippen LogP contribution in [0.15, 0.2) is 30.5 Å². The van der Waals surface area contributed by atoms with Gasteiger partial charge >= 0.3 is 0 Å². The second kappa shape index (κ2) is 5.55. The number of nitrogens with zero attached hydrogens (tertiary/aromatic N) is 1. The second-order valence-electron chi connectivity index (χ2n) is 5.52. The van der Waals surface area contributed by atoms with Gasteiger partial charge in [0.15, 0.2) is 9.84 Å². The normalized spacial score (nSPS) is 20.9. The van der Waals surface area contributed by atoms with Gasteiger partial charge in [-0.3, -0.25) is 4.90 Å². The minimum atomic E-state index is -2.90. The van der Waals surface area contributed by atoms with Crippen molar-refractivity contribution in [2.75, 3.05) is 18.1 Å². The number of fused-ring (bicyclic) bond motifs is 1. The number of rotatable bonds is 4. The zero-order chi connectivity index (χ0) is 14.9. The lowest BCUT2D eigenvalue weighted by molar-refractivity contribution is 0.231. The molecular weight excluding hydrogens is 284 g/mol. The maximum atomic E-state index is 11.7. The van der Waals surface area contributed by atoms with Gasteiger partial charge in [-0.2, -0.15) is 0 Å². The first kappa shape index (κ1) is 14.2. The maximum absolute atomic E-state index is 11.7. The van der Waals surface area contributed by atoms with Crippen LogP contribution in [0.5, 0.6) is 0 Å². The Labute approximate surface area is 125 Å². The van der Waals surface area contributed by atoms with E-state index in [4.69, 9.17) is 6.42 Å². The minimum absolute atomic E-state index is 0.0280. The van der Waals surface area contributed by atoms with E-state index in [9.17, 15) is 8.42 Å². The van der Waals surface area contributed by atoms with E-state index in [1.54, 1.807) is 0 Å². The van der Waals surface area contributed by atoms with Crippen LogP contribution in [-0.2, 0) is 16.4 Å². The van der Waals surface area contributed by atoms with Crippen molar-refractivity contribution in [2.45, 2.75) is 19.0 Å². The molecule has 5 heteroatoms. The highest BCUT2D eigenvalue weighted by Gasteiger charge is 2.32. The highest BCUT2D eigenvalue weighted by Crippen LogP contribution is 2.23. The predicted octanol–water partition coefficient (Wildman–Crippen LogP) is 1.79. The first-order chi connectivity index (χ1) is 10.1. The highest BCUT2D eigenvalue weighted by atomic mass is 32.2. The molecule has 2 heterocycles. The largest absolute Gasteiger partial charge is 0.361 e. The van der Waals surface area contributed by atoms with Gasteiger partial charge in [0.2, 0.25) is 0 Å². The Morgan fingerprint density at radius 2 is 2.24 bits per heavy atom. The van der Waals surface area contributed by atoms with Crippen LogP contribution in [0.2, 0.25) is 0 Å². The summed E-state index contributed by atoms with van der Waals surface area (Å²) in [7, 11) is -2.90. The number of aromatic amines is 1. The van der Waals surface area contributed by atoms with Gasteiger partial charge in [0.1, 0.15) is 0 Å². The van der Waals surface area contributed by atoms with Crippen LogP contribution in [0.4, 0.5) is 0 Å². The number of aromatic nitrogens is 1. The number of H-pyrrole nitrogens is 1.